The average Bonchev–Trinajstić information content (AvgIpc) is 2.83. The Balaban J connectivity index is 2.34. The van der Waals surface area contributed by atoms with Crippen molar-refractivity contribution in [2.75, 3.05) is 7.05 Å². The highest BCUT2D eigenvalue weighted by atomic mass is 15.1. The van der Waals surface area contributed by atoms with Crippen LogP contribution in [0.15, 0.2) is 24.5 Å². The molecular formula is C17H25N3. The second kappa shape index (κ2) is 6.23. The number of rotatable bonds is 5. The summed E-state index contributed by atoms with van der Waals surface area (Å²) < 4.78 is 2.25. The van der Waals surface area contributed by atoms with Gasteiger partial charge in [-0.1, -0.05) is 24.6 Å². The van der Waals surface area contributed by atoms with Gasteiger partial charge in [-0.15, -0.1) is 0 Å². The lowest BCUT2D eigenvalue weighted by Gasteiger charge is -2.23. The highest BCUT2D eigenvalue weighted by Crippen LogP contribution is 2.25. The highest BCUT2D eigenvalue weighted by molar-refractivity contribution is 5.39. The molecule has 108 valence electrons. The standard InChI is InChI=1S/C17H25N3/c1-6-16-19-7-8-20(16)11-15(18-5)17-13(3)9-12(2)10-14(17)4/h7-10,15,18H,6,11H2,1-5H3. The number of nitrogens with one attached hydrogen (secondary N) is 1. The second-order valence-electron chi connectivity index (χ2n) is 5.50. The lowest BCUT2D eigenvalue weighted by molar-refractivity contribution is 0.485. The van der Waals surface area contributed by atoms with E-state index in [2.05, 4.69) is 60.9 Å². The molecule has 1 unspecified atom stereocenters. The third-order valence-corrected chi connectivity index (χ3v) is 3.93. The van der Waals surface area contributed by atoms with Gasteiger partial charge in [-0.25, -0.2) is 4.98 Å². The minimum absolute atomic E-state index is 0.315. The summed E-state index contributed by atoms with van der Waals surface area (Å²) in [7, 11) is 2.03. The maximum atomic E-state index is 4.41. The third-order valence-electron chi connectivity index (χ3n) is 3.93. The van der Waals surface area contributed by atoms with Crippen LogP contribution in [0, 0.1) is 20.8 Å². The van der Waals surface area contributed by atoms with E-state index in [0.717, 1.165) is 18.8 Å². The molecule has 1 N–H and O–H groups in total. The van der Waals surface area contributed by atoms with Crippen molar-refractivity contribution in [3.63, 3.8) is 0 Å². The zero-order valence-electron chi connectivity index (χ0n) is 13.2. The number of nitrogens with zero attached hydrogens (tertiary/aromatic N) is 2. The first-order valence-electron chi connectivity index (χ1n) is 7.31. The van der Waals surface area contributed by atoms with Crippen LogP contribution in [0.5, 0.6) is 0 Å². The molecule has 20 heavy (non-hydrogen) atoms. The van der Waals surface area contributed by atoms with Gasteiger partial charge in [0.05, 0.1) is 6.04 Å². The summed E-state index contributed by atoms with van der Waals surface area (Å²) in [6, 6.07) is 4.85. The Labute approximate surface area is 122 Å². The van der Waals surface area contributed by atoms with Gasteiger partial charge in [0.15, 0.2) is 0 Å². The van der Waals surface area contributed by atoms with Crippen LogP contribution in [0.2, 0.25) is 0 Å². The van der Waals surface area contributed by atoms with Crippen molar-refractivity contribution in [2.24, 2.45) is 0 Å². The Morgan fingerprint density at radius 3 is 2.40 bits per heavy atom. The van der Waals surface area contributed by atoms with Crippen molar-refractivity contribution in [1.82, 2.24) is 14.9 Å². The molecule has 0 fully saturated rings. The molecule has 0 aliphatic carbocycles. The van der Waals surface area contributed by atoms with Crippen LogP contribution >= 0.6 is 0 Å². The van der Waals surface area contributed by atoms with E-state index in [1.54, 1.807) is 0 Å². The maximum absolute atomic E-state index is 4.41. The zero-order chi connectivity index (χ0) is 14.7. The summed E-state index contributed by atoms with van der Waals surface area (Å²) in [5, 5.41) is 3.46. The lowest BCUT2D eigenvalue weighted by atomic mass is 9.94. The number of likely N-dealkylation sites (N-methyl/N-ethyl adjacent to an activating group) is 1. The van der Waals surface area contributed by atoms with Gasteiger partial charge in [0.25, 0.3) is 0 Å². The quantitative estimate of drug-likeness (QED) is 0.904. The Bertz CT molecular complexity index is 561. The fourth-order valence-corrected chi connectivity index (χ4v) is 3.09. The number of aryl methyl sites for hydroxylation is 4. The normalized spacial score (nSPS) is 12.7. The summed E-state index contributed by atoms with van der Waals surface area (Å²) in [6.07, 6.45) is 4.93. The number of benzene rings is 1. The Kier molecular flexibility index (Phi) is 4.61. The maximum Gasteiger partial charge on any atom is 0.108 e. The Morgan fingerprint density at radius 2 is 1.85 bits per heavy atom. The van der Waals surface area contributed by atoms with Gasteiger partial charge >= 0.3 is 0 Å². The van der Waals surface area contributed by atoms with Crippen LogP contribution in [0.3, 0.4) is 0 Å². The third kappa shape index (κ3) is 2.93. The summed E-state index contributed by atoms with van der Waals surface area (Å²) >= 11 is 0. The largest absolute Gasteiger partial charge is 0.333 e. The van der Waals surface area contributed by atoms with Crippen LogP contribution in [0.25, 0.3) is 0 Å². The van der Waals surface area contributed by atoms with Crippen molar-refractivity contribution < 1.29 is 0 Å². The van der Waals surface area contributed by atoms with Gasteiger partial charge in [-0.2, -0.15) is 0 Å². The van der Waals surface area contributed by atoms with E-state index in [-0.39, 0.29) is 0 Å². The smallest absolute Gasteiger partial charge is 0.108 e. The van der Waals surface area contributed by atoms with E-state index >= 15 is 0 Å². The van der Waals surface area contributed by atoms with Crippen molar-refractivity contribution in [3.05, 3.63) is 52.6 Å². The van der Waals surface area contributed by atoms with Gasteiger partial charge in [0.2, 0.25) is 0 Å². The minimum Gasteiger partial charge on any atom is -0.333 e. The topological polar surface area (TPSA) is 29.9 Å². The average molecular weight is 271 g/mol. The molecule has 0 bridgehead atoms. The second-order valence-corrected chi connectivity index (χ2v) is 5.50. The molecule has 0 saturated heterocycles. The first kappa shape index (κ1) is 14.8. The van der Waals surface area contributed by atoms with Gasteiger partial charge in [0.1, 0.15) is 5.82 Å². The van der Waals surface area contributed by atoms with E-state index in [4.69, 9.17) is 0 Å². The lowest BCUT2D eigenvalue weighted by Crippen LogP contribution is -2.24. The summed E-state index contributed by atoms with van der Waals surface area (Å²) in [5.74, 6) is 1.15. The van der Waals surface area contributed by atoms with Crippen LogP contribution in [0.4, 0.5) is 0 Å². The Hall–Kier alpha value is -1.61. The number of hydrogen-bond acceptors (Lipinski definition) is 2. The fraction of sp³-hybridized carbons (Fsp3) is 0.471. The van der Waals surface area contributed by atoms with Crippen molar-refractivity contribution in [2.45, 2.75) is 46.7 Å². The highest BCUT2D eigenvalue weighted by Gasteiger charge is 2.16. The molecule has 2 aromatic rings. The molecule has 1 atom stereocenters. The van der Waals surface area contributed by atoms with E-state index in [1.807, 2.05) is 13.2 Å². The van der Waals surface area contributed by atoms with Gasteiger partial charge in [-0.3, -0.25) is 0 Å². The van der Waals surface area contributed by atoms with E-state index < -0.39 is 0 Å². The van der Waals surface area contributed by atoms with Crippen LogP contribution in [-0.2, 0) is 13.0 Å². The van der Waals surface area contributed by atoms with Gasteiger partial charge in [-0.05, 0) is 44.5 Å². The van der Waals surface area contributed by atoms with Gasteiger partial charge in [0, 0.05) is 25.4 Å². The molecule has 0 saturated carbocycles. The molecular weight excluding hydrogens is 246 g/mol. The molecule has 0 aliphatic rings. The Morgan fingerprint density at radius 1 is 1.20 bits per heavy atom. The van der Waals surface area contributed by atoms with Crippen LogP contribution in [-0.4, -0.2) is 16.6 Å². The molecule has 1 heterocycles. The summed E-state index contributed by atoms with van der Waals surface area (Å²) in [5.41, 5.74) is 5.46. The number of imidazole rings is 1. The van der Waals surface area contributed by atoms with Crippen molar-refractivity contribution in [1.29, 1.82) is 0 Å². The summed E-state index contributed by atoms with van der Waals surface area (Å²) in [6.45, 7) is 9.63. The van der Waals surface area contributed by atoms with E-state index in [0.29, 0.717) is 6.04 Å². The van der Waals surface area contributed by atoms with E-state index in [9.17, 15) is 0 Å². The molecule has 0 aliphatic heterocycles. The van der Waals surface area contributed by atoms with E-state index in [1.165, 1.54) is 22.3 Å². The number of hydrogen-bond donors (Lipinski definition) is 1. The summed E-state index contributed by atoms with van der Waals surface area (Å²) in [4.78, 5) is 4.41. The molecule has 1 aromatic heterocycles. The molecule has 0 radical (unpaired) electrons. The molecule has 0 amide bonds. The molecule has 2 rings (SSSR count). The predicted molar refractivity (Wildman–Crippen MR) is 84.1 cm³/mol. The van der Waals surface area contributed by atoms with Crippen LogP contribution in [0.1, 0.15) is 41.0 Å². The number of aromatic nitrogens is 2. The van der Waals surface area contributed by atoms with Crippen molar-refractivity contribution >= 4 is 0 Å². The fourth-order valence-electron chi connectivity index (χ4n) is 3.09. The molecule has 3 heteroatoms. The monoisotopic (exact) mass is 271 g/mol. The first-order chi connectivity index (χ1) is 9.56. The SMILES string of the molecule is CCc1nccn1CC(NC)c1c(C)cc(C)cc1C. The molecule has 0 spiro atoms. The van der Waals surface area contributed by atoms with Crippen LogP contribution < -0.4 is 5.32 Å². The molecule has 3 nitrogen and oxygen atoms in total. The van der Waals surface area contributed by atoms with Gasteiger partial charge < -0.3 is 9.88 Å². The predicted octanol–water partition coefficient (Wildman–Crippen LogP) is 3.33. The van der Waals surface area contributed by atoms with Crippen molar-refractivity contribution in [3.8, 4) is 0 Å². The first-order valence-corrected chi connectivity index (χ1v) is 7.31. The minimum atomic E-state index is 0.315. The zero-order valence-corrected chi connectivity index (χ0v) is 13.2. The molecule has 1 aromatic carbocycles.